The predicted molar refractivity (Wildman–Crippen MR) is 116 cm³/mol. The molecular formula is C17H16BrN5O3S2. The molecule has 0 bridgehead atoms. The summed E-state index contributed by atoms with van der Waals surface area (Å²) in [7, 11) is -3.83. The smallest absolute Gasteiger partial charge is 0.238 e. The van der Waals surface area contributed by atoms with E-state index in [-0.39, 0.29) is 15.9 Å². The Bertz CT molecular complexity index is 1200. The number of aromatic hydroxyl groups is 1. The van der Waals surface area contributed by atoms with E-state index in [1.165, 1.54) is 18.2 Å². The summed E-state index contributed by atoms with van der Waals surface area (Å²) in [6, 6.07) is 11.4. The topological polar surface area (TPSA) is 122 Å². The summed E-state index contributed by atoms with van der Waals surface area (Å²) in [6.45, 7) is 2.46. The third kappa shape index (κ3) is 4.22. The molecule has 0 aliphatic carbocycles. The average molecular weight is 482 g/mol. The third-order valence-corrected chi connectivity index (χ3v) is 5.53. The number of nitrogens with zero attached hydrogens (tertiary/aromatic N) is 3. The number of aryl methyl sites for hydroxylation is 1. The highest BCUT2D eigenvalue weighted by molar-refractivity contribution is 9.10. The Morgan fingerprint density at radius 2 is 2.07 bits per heavy atom. The lowest BCUT2D eigenvalue weighted by atomic mass is 10.2. The van der Waals surface area contributed by atoms with E-state index in [0.29, 0.717) is 17.9 Å². The number of benzene rings is 2. The second kappa shape index (κ2) is 7.95. The first-order valence-electron chi connectivity index (χ1n) is 8.07. The molecular weight excluding hydrogens is 466 g/mol. The first-order chi connectivity index (χ1) is 13.2. The second-order valence-corrected chi connectivity index (χ2v) is 8.64. The molecule has 2 aromatic carbocycles. The number of anilines is 1. The molecule has 8 nitrogen and oxygen atoms in total. The Labute approximate surface area is 175 Å². The van der Waals surface area contributed by atoms with Crippen molar-refractivity contribution in [3.05, 3.63) is 46.9 Å². The Kier molecular flexibility index (Phi) is 5.79. The van der Waals surface area contributed by atoms with Crippen molar-refractivity contribution in [2.45, 2.75) is 18.4 Å². The van der Waals surface area contributed by atoms with Gasteiger partial charge in [0.05, 0.1) is 10.4 Å². The summed E-state index contributed by atoms with van der Waals surface area (Å²) in [5.74, 6) is -0.0154. The van der Waals surface area contributed by atoms with Gasteiger partial charge in [0.25, 0.3) is 0 Å². The normalized spacial score (nSPS) is 12.0. The minimum Gasteiger partial charge on any atom is -0.493 e. The number of azo groups is 1. The molecule has 3 aromatic rings. The van der Waals surface area contributed by atoms with Crippen LogP contribution in [0.2, 0.25) is 0 Å². The van der Waals surface area contributed by atoms with Crippen molar-refractivity contribution in [1.29, 1.82) is 0 Å². The van der Waals surface area contributed by atoms with Gasteiger partial charge in [0.1, 0.15) is 0 Å². The number of primary sulfonamides is 1. The van der Waals surface area contributed by atoms with E-state index in [4.69, 9.17) is 17.4 Å². The van der Waals surface area contributed by atoms with E-state index >= 15 is 0 Å². The number of sulfonamides is 1. The molecule has 0 spiro atoms. The fourth-order valence-corrected chi connectivity index (χ4v) is 3.77. The predicted octanol–water partition coefficient (Wildman–Crippen LogP) is 4.26. The van der Waals surface area contributed by atoms with Crippen LogP contribution in [0.1, 0.15) is 6.92 Å². The van der Waals surface area contributed by atoms with Gasteiger partial charge in [0.15, 0.2) is 5.69 Å². The van der Waals surface area contributed by atoms with E-state index in [2.05, 4.69) is 31.5 Å². The number of nitrogens with two attached hydrogens (primary N) is 1. The highest BCUT2D eigenvalue weighted by Gasteiger charge is 2.16. The molecule has 0 saturated heterocycles. The van der Waals surface area contributed by atoms with Crippen molar-refractivity contribution < 1.29 is 13.5 Å². The number of rotatable bonds is 4. The van der Waals surface area contributed by atoms with Gasteiger partial charge in [-0.25, -0.2) is 13.6 Å². The Hall–Kier alpha value is -2.34. The van der Waals surface area contributed by atoms with Gasteiger partial charge in [-0.2, -0.15) is 0 Å². The van der Waals surface area contributed by atoms with Crippen molar-refractivity contribution in [1.82, 2.24) is 4.57 Å². The highest BCUT2D eigenvalue weighted by atomic mass is 79.9. The van der Waals surface area contributed by atoms with Gasteiger partial charge in [-0.05, 0) is 55.5 Å². The second-order valence-electron chi connectivity index (χ2n) is 5.78. The van der Waals surface area contributed by atoms with E-state index in [1.54, 1.807) is 10.6 Å². The van der Waals surface area contributed by atoms with Crippen LogP contribution in [-0.4, -0.2) is 23.2 Å². The van der Waals surface area contributed by atoms with Gasteiger partial charge in [0.2, 0.25) is 21.0 Å². The van der Waals surface area contributed by atoms with Crippen LogP contribution in [-0.2, 0) is 16.6 Å². The third-order valence-electron chi connectivity index (χ3n) is 3.94. The minimum absolute atomic E-state index is 0.000444. The van der Waals surface area contributed by atoms with Crippen LogP contribution in [0.5, 0.6) is 5.88 Å². The maximum absolute atomic E-state index is 11.4. The molecule has 1 aromatic heterocycles. The van der Waals surface area contributed by atoms with Crippen LogP contribution in [0.25, 0.3) is 10.9 Å². The molecule has 146 valence electrons. The molecule has 0 aliphatic heterocycles. The van der Waals surface area contributed by atoms with Crippen molar-refractivity contribution in [2.24, 2.45) is 15.4 Å². The van der Waals surface area contributed by atoms with Crippen molar-refractivity contribution >= 4 is 65.6 Å². The summed E-state index contributed by atoms with van der Waals surface area (Å²) in [5.41, 5.74) is 1.51. The highest BCUT2D eigenvalue weighted by Crippen LogP contribution is 2.39. The summed E-state index contributed by atoms with van der Waals surface area (Å²) >= 11 is 8.56. The number of fused-ring (bicyclic) bond motifs is 1. The summed E-state index contributed by atoms with van der Waals surface area (Å²) in [4.78, 5) is -0.0496. The Morgan fingerprint density at radius 1 is 1.32 bits per heavy atom. The maximum atomic E-state index is 11.4. The number of halogens is 1. The lowest BCUT2D eigenvalue weighted by molar-refractivity contribution is 0.427. The Morgan fingerprint density at radius 3 is 2.75 bits per heavy atom. The average Bonchev–Trinajstić information content (AvgIpc) is 2.89. The first-order valence-corrected chi connectivity index (χ1v) is 10.8. The number of aromatic nitrogens is 1. The van der Waals surface area contributed by atoms with E-state index in [0.717, 1.165) is 15.4 Å². The molecule has 11 heteroatoms. The molecule has 3 rings (SSSR count). The molecule has 0 aliphatic rings. The van der Waals surface area contributed by atoms with Crippen LogP contribution in [0.15, 0.2) is 62.1 Å². The number of thiocarbonyl (C=S) groups is 1. The number of hydrogen-bond acceptors (Lipinski definition) is 5. The van der Waals surface area contributed by atoms with Crippen LogP contribution in [0, 0.1) is 0 Å². The maximum Gasteiger partial charge on any atom is 0.238 e. The zero-order chi connectivity index (χ0) is 20.5. The number of hydrogen-bond donors (Lipinski definition) is 3. The zero-order valence-corrected chi connectivity index (χ0v) is 17.8. The largest absolute Gasteiger partial charge is 0.493 e. The standard InChI is InChI=1S/C17H16BrN5O3S2/c1-2-23-14-8-10(18)6-7-13(14)15(16(23)24)21-22-17(27)20-11-4-3-5-12(9-11)28(19,25)26/h3-9,24H,2H2,1H3,(H,20,27)(H2,19,25,26). The van der Waals surface area contributed by atoms with E-state index in [9.17, 15) is 13.5 Å². The zero-order valence-electron chi connectivity index (χ0n) is 14.6. The van der Waals surface area contributed by atoms with Crippen LogP contribution >= 0.6 is 28.1 Å². The van der Waals surface area contributed by atoms with Crippen molar-refractivity contribution in [3.63, 3.8) is 0 Å². The molecule has 4 N–H and O–H groups in total. The molecule has 28 heavy (non-hydrogen) atoms. The van der Waals surface area contributed by atoms with Gasteiger partial charge in [-0.15, -0.1) is 10.2 Å². The number of nitrogens with one attached hydrogen (secondary N) is 1. The summed E-state index contributed by atoms with van der Waals surface area (Å²) in [6.07, 6.45) is 0. The van der Waals surface area contributed by atoms with Crippen molar-refractivity contribution in [3.8, 4) is 5.88 Å². The van der Waals surface area contributed by atoms with Gasteiger partial charge in [-0.1, -0.05) is 22.0 Å². The molecule has 0 unspecified atom stereocenters. The molecule has 1 heterocycles. The lowest BCUT2D eigenvalue weighted by Crippen LogP contribution is -2.13. The van der Waals surface area contributed by atoms with Gasteiger partial charge in [0, 0.05) is 22.1 Å². The van der Waals surface area contributed by atoms with Crippen LogP contribution in [0.4, 0.5) is 11.4 Å². The monoisotopic (exact) mass is 481 g/mol. The quantitative estimate of drug-likeness (QED) is 0.379. The van der Waals surface area contributed by atoms with Crippen molar-refractivity contribution in [2.75, 3.05) is 5.32 Å². The fourth-order valence-electron chi connectivity index (χ4n) is 2.70. The van der Waals surface area contributed by atoms with E-state index in [1.807, 2.05) is 25.1 Å². The van der Waals surface area contributed by atoms with E-state index < -0.39 is 10.0 Å². The molecule has 0 saturated carbocycles. The van der Waals surface area contributed by atoms with Gasteiger partial charge < -0.3 is 15.0 Å². The minimum atomic E-state index is -3.83. The SMILES string of the molecule is CCn1c(O)c(N=NC(=S)Nc2cccc(S(N)(=O)=O)c2)c2ccc(Br)cc21. The fraction of sp³-hybridized carbons (Fsp3) is 0.118. The molecule has 0 fully saturated rings. The lowest BCUT2D eigenvalue weighted by Gasteiger charge is -2.05. The molecule has 0 radical (unpaired) electrons. The summed E-state index contributed by atoms with van der Waals surface area (Å²) in [5, 5.41) is 27.1. The van der Waals surface area contributed by atoms with Gasteiger partial charge in [-0.3, -0.25) is 0 Å². The van der Waals surface area contributed by atoms with Crippen LogP contribution in [0.3, 0.4) is 0 Å². The van der Waals surface area contributed by atoms with Crippen LogP contribution < -0.4 is 10.5 Å². The molecule has 0 atom stereocenters. The first kappa shape index (κ1) is 20.4. The molecule has 0 amide bonds. The Balaban J connectivity index is 1.88. The summed E-state index contributed by atoms with van der Waals surface area (Å²) < 4.78 is 25.5. The van der Waals surface area contributed by atoms with Gasteiger partial charge >= 0.3 is 0 Å².